The van der Waals surface area contributed by atoms with Gasteiger partial charge < -0.3 is 14.5 Å². The Hall–Kier alpha value is -1.71. The van der Waals surface area contributed by atoms with E-state index in [1.807, 2.05) is 12.1 Å². The molecule has 0 N–H and O–H groups in total. The molecule has 1 aliphatic rings. The van der Waals surface area contributed by atoms with Crippen molar-refractivity contribution in [2.24, 2.45) is 0 Å². The molecule has 3 nitrogen and oxygen atoms in total. The van der Waals surface area contributed by atoms with Crippen molar-refractivity contribution < 1.29 is 4.74 Å². The Bertz CT molecular complexity index is 715. The number of ether oxygens (including phenoxy) is 1. The minimum atomic E-state index is 0.795. The van der Waals surface area contributed by atoms with Crippen LogP contribution in [0, 0.1) is 0 Å². The van der Waals surface area contributed by atoms with Crippen LogP contribution in [0.25, 0.3) is 0 Å². The molecule has 0 atom stereocenters. The molecule has 0 fully saturated rings. The zero-order valence-electron chi connectivity index (χ0n) is 14.7. The van der Waals surface area contributed by atoms with Gasteiger partial charge in [-0.1, -0.05) is 17.7 Å². The van der Waals surface area contributed by atoms with Crippen LogP contribution in [0.2, 0.25) is 5.02 Å². The van der Waals surface area contributed by atoms with Gasteiger partial charge in [-0.2, -0.15) is 0 Å². The second-order valence-corrected chi connectivity index (χ2v) is 7.01. The van der Waals surface area contributed by atoms with Crippen LogP contribution in [0.15, 0.2) is 36.4 Å². The van der Waals surface area contributed by atoms with Gasteiger partial charge in [0.25, 0.3) is 0 Å². The maximum Gasteiger partial charge on any atom is 0.119 e. The largest absolute Gasteiger partial charge is 0.497 e. The fourth-order valence-corrected chi connectivity index (χ4v) is 3.50. The van der Waals surface area contributed by atoms with E-state index in [2.05, 4.69) is 48.2 Å². The van der Waals surface area contributed by atoms with Crippen LogP contribution in [0.5, 0.6) is 5.75 Å². The van der Waals surface area contributed by atoms with E-state index in [1.54, 1.807) is 7.11 Å². The van der Waals surface area contributed by atoms with Gasteiger partial charge in [0.05, 0.1) is 7.11 Å². The third-order valence-electron chi connectivity index (χ3n) is 4.57. The summed E-state index contributed by atoms with van der Waals surface area (Å²) < 4.78 is 5.42. The van der Waals surface area contributed by atoms with Crippen molar-refractivity contribution in [3.05, 3.63) is 52.5 Å². The van der Waals surface area contributed by atoms with Gasteiger partial charge in [-0.05, 0) is 81.4 Å². The Labute approximate surface area is 149 Å². The summed E-state index contributed by atoms with van der Waals surface area (Å²) in [6.45, 7) is 2.04. The molecule has 0 spiro atoms. The first-order valence-corrected chi connectivity index (χ1v) is 8.84. The molecule has 24 heavy (non-hydrogen) atoms. The maximum atomic E-state index is 6.30. The van der Waals surface area contributed by atoms with Gasteiger partial charge in [-0.3, -0.25) is 0 Å². The van der Waals surface area contributed by atoms with Gasteiger partial charge >= 0.3 is 0 Å². The van der Waals surface area contributed by atoms with Gasteiger partial charge in [0.15, 0.2) is 0 Å². The van der Waals surface area contributed by atoms with E-state index in [4.69, 9.17) is 16.3 Å². The van der Waals surface area contributed by atoms with E-state index in [0.29, 0.717) is 0 Å². The number of hydrogen-bond acceptors (Lipinski definition) is 3. The van der Waals surface area contributed by atoms with E-state index < -0.39 is 0 Å². The van der Waals surface area contributed by atoms with Gasteiger partial charge in [0.2, 0.25) is 0 Å². The zero-order valence-corrected chi connectivity index (χ0v) is 15.4. The lowest BCUT2D eigenvalue weighted by Crippen LogP contribution is -2.24. The molecule has 0 bridgehead atoms. The van der Waals surface area contributed by atoms with Crippen LogP contribution < -0.4 is 9.64 Å². The maximum absolute atomic E-state index is 6.30. The summed E-state index contributed by atoms with van der Waals surface area (Å²) in [5.74, 6) is 0.922. The molecule has 0 unspecified atom stereocenters. The van der Waals surface area contributed by atoms with Gasteiger partial charge in [-0.25, -0.2) is 0 Å². The summed E-state index contributed by atoms with van der Waals surface area (Å²) in [4.78, 5) is 4.65. The molecular weight excluding hydrogens is 320 g/mol. The predicted molar refractivity (Wildman–Crippen MR) is 102 cm³/mol. The Morgan fingerprint density at radius 1 is 1.04 bits per heavy atom. The van der Waals surface area contributed by atoms with Crippen molar-refractivity contribution in [3.8, 4) is 5.75 Å². The second kappa shape index (κ2) is 7.45. The number of methoxy groups -OCH3 is 1. The Kier molecular flexibility index (Phi) is 5.32. The highest BCUT2D eigenvalue weighted by Gasteiger charge is 2.21. The van der Waals surface area contributed by atoms with Crippen molar-refractivity contribution >= 4 is 23.0 Å². The molecule has 0 radical (unpaired) electrons. The summed E-state index contributed by atoms with van der Waals surface area (Å²) in [5, 5.41) is 0.795. The van der Waals surface area contributed by atoms with Crippen molar-refractivity contribution in [1.29, 1.82) is 0 Å². The Morgan fingerprint density at radius 3 is 2.58 bits per heavy atom. The van der Waals surface area contributed by atoms with E-state index in [9.17, 15) is 0 Å². The van der Waals surface area contributed by atoms with Crippen LogP contribution in [-0.2, 0) is 12.8 Å². The number of nitrogens with zero attached hydrogens (tertiary/aromatic N) is 2. The van der Waals surface area contributed by atoms with Crippen molar-refractivity contribution in [1.82, 2.24) is 4.90 Å². The second-order valence-electron chi connectivity index (χ2n) is 6.58. The zero-order chi connectivity index (χ0) is 17.1. The van der Waals surface area contributed by atoms with Crippen LogP contribution in [0.4, 0.5) is 11.4 Å². The van der Waals surface area contributed by atoms with E-state index in [0.717, 1.165) is 43.1 Å². The van der Waals surface area contributed by atoms with Crippen LogP contribution >= 0.6 is 11.6 Å². The van der Waals surface area contributed by atoms with E-state index in [1.165, 1.54) is 22.5 Å². The van der Waals surface area contributed by atoms with Gasteiger partial charge in [0, 0.05) is 22.9 Å². The molecule has 0 aliphatic carbocycles. The molecule has 0 amide bonds. The number of anilines is 2. The molecule has 1 aliphatic heterocycles. The highest BCUT2D eigenvalue weighted by molar-refractivity contribution is 6.30. The monoisotopic (exact) mass is 344 g/mol. The van der Waals surface area contributed by atoms with Crippen LogP contribution in [-0.4, -0.2) is 39.2 Å². The molecule has 1 heterocycles. The molecule has 0 saturated heterocycles. The van der Waals surface area contributed by atoms with Gasteiger partial charge in [0.1, 0.15) is 5.75 Å². The quantitative estimate of drug-likeness (QED) is 0.792. The summed E-state index contributed by atoms with van der Waals surface area (Å²) in [7, 11) is 5.96. The fraction of sp³-hybridized carbons (Fsp3) is 0.400. The Balaban J connectivity index is 2.00. The van der Waals surface area contributed by atoms with Crippen LogP contribution in [0.1, 0.15) is 17.5 Å². The van der Waals surface area contributed by atoms with E-state index in [-0.39, 0.29) is 0 Å². The molecule has 0 aromatic heterocycles. The highest BCUT2D eigenvalue weighted by Crippen LogP contribution is 2.38. The van der Waals surface area contributed by atoms with E-state index >= 15 is 0 Å². The molecule has 2 aromatic carbocycles. The number of fused-ring (bicyclic) bond motifs is 2. The lowest BCUT2D eigenvalue weighted by atomic mass is 10.0. The molecule has 2 aromatic rings. The first kappa shape index (κ1) is 17.1. The average molecular weight is 345 g/mol. The lowest BCUT2D eigenvalue weighted by molar-refractivity contribution is 0.402. The number of rotatable bonds is 5. The fourth-order valence-electron chi connectivity index (χ4n) is 3.34. The van der Waals surface area contributed by atoms with Gasteiger partial charge in [-0.15, -0.1) is 0 Å². The third kappa shape index (κ3) is 3.68. The number of hydrogen-bond donors (Lipinski definition) is 0. The smallest absolute Gasteiger partial charge is 0.119 e. The molecular formula is C20H25ClN2O. The summed E-state index contributed by atoms with van der Waals surface area (Å²) in [6.07, 6.45) is 3.15. The summed E-state index contributed by atoms with van der Waals surface area (Å²) in [5.41, 5.74) is 5.21. The van der Waals surface area contributed by atoms with Crippen molar-refractivity contribution in [2.45, 2.75) is 19.3 Å². The highest BCUT2D eigenvalue weighted by atomic mass is 35.5. The number of aryl methyl sites for hydroxylation is 2. The van der Waals surface area contributed by atoms with Crippen LogP contribution in [0.3, 0.4) is 0 Å². The third-order valence-corrected chi connectivity index (χ3v) is 4.80. The van der Waals surface area contributed by atoms with Crippen molar-refractivity contribution in [3.63, 3.8) is 0 Å². The average Bonchev–Trinajstić information content (AvgIpc) is 2.71. The first-order chi connectivity index (χ1) is 11.6. The lowest BCUT2D eigenvalue weighted by Gasteiger charge is -2.28. The number of halogens is 1. The predicted octanol–water partition coefficient (Wildman–Crippen LogP) is 4.54. The normalized spacial score (nSPS) is 13.5. The summed E-state index contributed by atoms with van der Waals surface area (Å²) in [6, 6.07) is 12.7. The molecule has 4 heteroatoms. The summed E-state index contributed by atoms with van der Waals surface area (Å²) >= 11 is 6.30. The standard InChI is InChI=1S/C20H25ClN2O/c1-22(2)11-4-12-23-19-10-9-18(24-3)13-16(19)6-5-15-7-8-17(21)14-20(15)23/h7-10,13-14H,4-6,11-12H2,1-3H3. The molecule has 3 rings (SSSR count). The van der Waals surface area contributed by atoms with Crippen molar-refractivity contribution in [2.75, 3.05) is 39.2 Å². The topological polar surface area (TPSA) is 15.7 Å². The minimum Gasteiger partial charge on any atom is -0.497 e. The first-order valence-electron chi connectivity index (χ1n) is 8.46. The SMILES string of the molecule is COc1ccc2c(c1)CCc1ccc(Cl)cc1N2CCCN(C)C. The number of benzene rings is 2. The minimum absolute atomic E-state index is 0.795. The molecule has 128 valence electrons. The molecule has 0 saturated carbocycles. The Morgan fingerprint density at radius 2 is 1.83 bits per heavy atom.